The van der Waals surface area contributed by atoms with Gasteiger partial charge in [0.15, 0.2) is 0 Å². The lowest BCUT2D eigenvalue weighted by Crippen LogP contribution is -1.96. The van der Waals surface area contributed by atoms with Gasteiger partial charge in [-0.25, -0.2) is 4.98 Å². The van der Waals surface area contributed by atoms with Crippen LogP contribution in [0.25, 0.3) is 0 Å². The number of rotatable bonds is 3. The summed E-state index contributed by atoms with van der Waals surface area (Å²) in [4.78, 5) is 7.76. The maximum atomic E-state index is 6.02. The number of ether oxygens (including phenoxy) is 1. The molecular weight excluding hydrogens is 238 g/mol. The smallest absolute Gasteiger partial charge is 0.245 e. The van der Waals surface area contributed by atoms with Crippen molar-refractivity contribution >= 4 is 17.3 Å². The number of aryl methyl sites for hydroxylation is 1. The van der Waals surface area contributed by atoms with Gasteiger partial charge in [-0.2, -0.15) is 4.98 Å². The first-order valence-electron chi connectivity index (χ1n) is 5.22. The fourth-order valence-corrected chi connectivity index (χ4v) is 1.66. The second kappa shape index (κ2) is 5.01. The van der Waals surface area contributed by atoms with Gasteiger partial charge < -0.3 is 10.5 Å². The van der Waals surface area contributed by atoms with Crippen LogP contribution < -0.4 is 10.5 Å². The molecule has 2 N–H and O–H groups in total. The zero-order chi connectivity index (χ0) is 12.3. The van der Waals surface area contributed by atoms with Crippen LogP contribution in [0.4, 0.5) is 5.69 Å². The van der Waals surface area contributed by atoms with Gasteiger partial charge in [0.2, 0.25) is 5.88 Å². The number of benzene rings is 1. The predicted octanol–water partition coefficient (Wildman–Crippen LogP) is 3.07. The number of nitrogens with zero attached hydrogens (tertiary/aromatic N) is 2. The lowest BCUT2D eigenvalue weighted by atomic mass is 10.1. The Hall–Kier alpha value is -1.81. The van der Waals surface area contributed by atoms with Gasteiger partial charge in [-0.3, -0.25) is 0 Å². The summed E-state index contributed by atoms with van der Waals surface area (Å²) in [6.07, 6.45) is 3.73. The summed E-state index contributed by atoms with van der Waals surface area (Å²) < 4.78 is 5.57. The van der Waals surface area contributed by atoms with Crippen LogP contribution in [0.3, 0.4) is 0 Å². The summed E-state index contributed by atoms with van der Waals surface area (Å²) in [6, 6.07) is 5.46. The number of halogens is 1. The van der Waals surface area contributed by atoms with E-state index in [1.54, 1.807) is 12.1 Å². The van der Waals surface area contributed by atoms with E-state index in [-0.39, 0.29) is 0 Å². The fourth-order valence-electron chi connectivity index (χ4n) is 1.41. The third-order valence-electron chi connectivity index (χ3n) is 2.31. The summed E-state index contributed by atoms with van der Waals surface area (Å²) >= 11 is 6.02. The van der Waals surface area contributed by atoms with E-state index in [4.69, 9.17) is 22.1 Å². The van der Waals surface area contributed by atoms with E-state index in [1.807, 2.05) is 13.0 Å². The molecule has 4 nitrogen and oxygen atoms in total. The van der Waals surface area contributed by atoms with Gasteiger partial charge in [0.1, 0.15) is 17.8 Å². The molecule has 0 aliphatic rings. The molecule has 0 atom stereocenters. The van der Waals surface area contributed by atoms with Crippen molar-refractivity contribution in [2.24, 2.45) is 0 Å². The van der Waals surface area contributed by atoms with E-state index in [9.17, 15) is 0 Å². The number of aromatic nitrogens is 2. The Morgan fingerprint density at radius 3 is 2.94 bits per heavy atom. The highest BCUT2D eigenvalue weighted by molar-refractivity contribution is 6.31. The van der Waals surface area contributed by atoms with Crippen molar-refractivity contribution in [2.45, 2.75) is 13.3 Å². The molecule has 1 heterocycles. The first-order valence-corrected chi connectivity index (χ1v) is 5.60. The highest BCUT2D eigenvalue weighted by Gasteiger charge is 2.05. The number of hydrogen-bond donors (Lipinski definition) is 1. The van der Waals surface area contributed by atoms with Crippen molar-refractivity contribution in [3.8, 4) is 11.6 Å². The molecule has 0 saturated carbocycles. The summed E-state index contributed by atoms with van der Waals surface area (Å²) in [6.45, 7) is 2.03. The zero-order valence-corrected chi connectivity index (χ0v) is 10.1. The first kappa shape index (κ1) is 11.7. The van der Waals surface area contributed by atoms with Crippen molar-refractivity contribution in [2.75, 3.05) is 5.73 Å². The number of nitrogens with two attached hydrogens (primary N) is 1. The van der Waals surface area contributed by atoms with Crippen LogP contribution in [0.15, 0.2) is 30.7 Å². The molecule has 0 saturated heterocycles. The average molecular weight is 250 g/mol. The van der Waals surface area contributed by atoms with E-state index in [0.29, 0.717) is 17.3 Å². The second-order valence-electron chi connectivity index (χ2n) is 3.49. The number of hydrogen-bond acceptors (Lipinski definition) is 4. The fraction of sp³-hybridized carbons (Fsp3) is 0.167. The topological polar surface area (TPSA) is 61.0 Å². The van der Waals surface area contributed by atoms with Crippen LogP contribution in [-0.4, -0.2) is 9.97 Å². The normalized spacial score (nSPS) is 10.2. The summed E-state index contributed by atoms with van der Waals surface area (Å²) in [7, 11) is 0. The minimum absolute atomic E-state index is 0.351. The monoisotopic (exact) mass is 249 g/mol. The molecule has 1 aromatic heterocycles. The minimum atomic E-state index is 0.351. The molecule has 0 bridgehead atoms. The van der Waals surface area contributed by atoms with E-state index in [0.717, 1.165) is 17.0 Å². The van der Waals surface area contributed by atoms with Crippen LogP contribution in [0.5, 0.6) is 11.6 Å². The summed E-state index contributed by atoms with van der Waals surface area (Å²) in [5.41, 5.74) is 7.12. The van der Waals surface area contributed by atoms with Crippen molar-refractivity contribution in [1.82, 2.24) is 9.97 Å². The molecular formula is C12H12ClN3O. The van der Waals surface area contributed by atoms with Crippen molar-refractivity contribution in [3.05, 3.63) is 41.3 Å². The van der Waals surface area contributed by atoms with Crippen molar-refractivity contribution in [1.29, 1.82) is 0 Å². The van der Waals surface area contributed by atoms with E-state index in [1.165, 1.54) is 12.5 Å². The largest absolute Gasteiger partial charge is 0.437 e. The van der Waals surface area contributed by atoms with Gasteiger partial charge >= 0.3 is 0 Å². The van der Waals surface area contributed by atoms with Gasteiger partial charge in [-0.1, -0.05) is 18.5 Å². The van der Waals surface area contributed by atoms with Gasteiger partial charge in [0, 0.05) is 5.02 Å². The van der Waals surface area contributed by atoms with Crippen molar-refractivity contribution < 1.29 is 4.74 Å². The van der Waals surface area contributed by atoms with Gasteiger partial charge in [-0.15, -0.1) is 0 Å². The van der Waals surface area contributed by atoms with Gasteiger partial charge in [0.05, 0.1) is 6.20 Å². The van der Waals surface area contributed by atoms with Gasteiger partial charge in [-0.05, 0) is 30.2 Å². The maximum Gasteiger partial charge on any atom is 0.245 e. The van der Waals surface area contributed by atoms with E-state index >= 15 is 0 Å². The summed E-state index contributed by atoms with van der Waals surface area (Å²) in [5, 5.41) is 0.732. The molecule has 17 heavy (non-hydrogen) atoms. The van der Waals surface area contributed by atoms with Crippen LogP contribution in [-0.2, 0) is 6.42 Å². The molecule has 0 amide bonds. The Kier molecular flexibility index (Phi) is 3.44. The predicted molar refractivity (Wildman–Crippen MR) is 67.3 cm³/mol. The SMILES string of the molecule is CCc1cc(Oc2ncncc2N)ccc1Cl. The van der Waals surface area contributed by atoms with E-state index in [2.05, 4.69) is 9.97 Å². The quantitative estimate of drug-likeness (QED) is 0.908. The second-order valence-corrected chi connectivity index (χ2v) is 3.90. The molecule has 0 radical (unpaired) electrons. The molecule has 1 aromatic carbocycles. The van der Waals surface area contributed by atoms with E-state index < -0.39 is 0 Å². The molecule has 88 valence electrons. The van der Waals surface area contributed by atoms with Crippen LogP contribution in [0.1, 0.15) is 12.5 Å². The molecule has 0 spiro atoms. The highest BCUT2D eigenvalue weighted by Crippen LogP contribution is 2.27. The molecule has 0 aliphatic heterocycles. The first-order chi connectivity index (χ1) is 8.20. The lowest BCUT2D eigenvalue weighted by Gasteiger charge is -2.08. The zero-order valence-electron chi connectivity index (χ0n) is 9.35. The third-order valence-corrected chi connectivity index (χ3v) is 2.68. The lowest BCUT2D eigenvalue weighted by molar-refractivity contribution is 0.463. The van der Waals surface area contributed by atoms with Crippen molar-refractivity contribution in [3.63, 3.8) is 0 Å². The molecule has 0 unspecified atom stereocenters. The molecule has 5 heteroatoms. The molecule has 0 aliphatic carbocycles. The number of nitrogen functional groups attached to an aromatic ring is 1. The summed E-state index contributed by atoms with van der Waals surface area (Å²) in [5.74, 6) is 1.01. The molecule has 2 rings (SSSR count). The number of anilines is 1. The Bertz CT molecular complexity index is 531. The third kappa shape index (κ3) is 2.65. The maximum absolute atomic E-state index is 6.02. The Labute approximate surface area is 104 Å². The minimum Gasteiger partial charge on any atom is -0.437 e. The standard InChI is InChI=1S/C12H12ClN3O/c1-2-8-5-9(3-4-10(8)13)17-12-11(14)6-15-7-16-12/h3-7H,2,14H2,1H3. The highest BCUT2D eigenvalue weighted by atomic mass is 35.5. The Morgan fingerprint density at radius 2 is 2.24 bits per heavy atom. The van der Waals surface area contributed by atoms with Gasteiger partial charge in [0.25, 0.3) is 0 Å². The molecule has 2 aromatic rings. The Morgan fingerprint density at radius 1 is 1.41 bits per heavy atom. The van der Waals surface area contributed by atoms with Crippen LogP contribution >= 0.6 is 11.6 Å². The van der Waals surface area contributed by atoms with Crippen LogP contribution in [0, 0.1) is 0 Å². The van der Waals surface area contributed by atoms with Crippen LogP contribution in [0.2, 0.25) is 5.02 Å². The average Bonchev–Trinajstić information content (AvgIpc) is 2.34. The molecule has 0 fully saturated rings. The Balaban J connectivity index is 2.28.